The summed E-state index contributed by atoms with van der Waals surface area (Å²) in [6.07, 6.45) is 3.58. The molecule has 0 spiro atoms. The molecule has 1 unspecified atom stereocenters. The van der Waals surface area contributed by atoms with Crippen LogP contribution in [0.25, 0.3) is 0 Å². The van der Waals surface area contributed by atoms with E-state index in [9.17, 15) is 9.59 Å². The number of alkyl carbamates (subject to hydrolysis) is 1. The van der Waals surface area contributed by atoms with Crippen LogP contribution in [-0.4, -0.2) is 44.0 Å². The van der Waals surface area contributed by atoms with Crippen LogP contribution in [0.3, 0.4) is 0 Å². The van der Waals surface area contributed by atoms with Crippen molar-refractivity contribution in [2.24, 2.45) is 11.8 Å². The normalized spacial score (nSPS) is 30.3. The van der Waals surface area contributed by atoms with E-state index in [1.807, 2.05) is 6.92 Å². The predicted molar refractivity (Wildman–Crippen MR) is 75.7 cm³/mol. The van der Waals surface area contributed by atoms with Gasteiger partial charge in [0, 0.05) is 0 Å². The highest BCUT2D eigenvalue weighted by Crippen LogP contribution is 2.41. The van der Waals surface area contributed by atoms with Gasteiger partial charge in [-0.25, -0.2) is 9.59 Å². The van der Waals surface area contributed by atoms with Crippen LogP contribution in [0.1, 0.15) is 39.5 Å². The van der Waals surface area contributed by atoms with Gasteiger partial charge in [-0.05, 0) is 51.4 Å². The summed E-state index contributed by atoms with van der Waals surface area (Å²) in [5.74, 6) is 0.241. The van der Waals surface area contributed by atoms with E-state index >= 15 is 0 Å². The van der Waals surface area contributed by atoms with E-state index in [-0.39, 0.29) is 18.1 Å². The minimum Gasteiger partial charge on any atom is -0.464 e. The molecule has 1 aliphatic heterocycles. The highest BCUT2D eigenvalue weighted by molar-refractivity contribution is 5.81. The maximum atomic E-state index is 12.2. The molecule has 1 N–H and O–H groups in total. The largest absolute Gasteiger partial charge is 0.464 e. The molecule has 1 heterocycles. The standard InChI is InChI=1S/C15H25NO5/c1-4-20-14(17)13(16-15(18)19-3)11-7-9(2)21-12(8-11)10-5-6-10/h9-13H,4-8H2,1-3H3,(H,16,18)/t9-,11+,12?,13-/m0/s1. The van der Waals surface area contributed by atoms with Crippen molar-refractivity contribution >= 4 is 12.1 Å². The summed E-state index contributed by atoms with van der Waals surface area (Å²) in [5.41, 5.74) is 0. The molecule has 2 aliphatic rings. The van der Waals surface area contributed by atoms with Crippen LogP contribution >= 0.6 is 0 Å². The number of nitrogens with one attached hydrogen (secondary N) is 1. The zero-order chi connectivity index (χ0) is 15.4. The fourth-order valence-electron chi connectivity index (χ4n) is 3.06. The maximum Gasteiger partial charge on any atom is 0.407 e. The Morgan fingerprint density at radius 1 is 1.33 bits per heavy atom. The molecule has 0 aromatic heterocycles. The molecule has 6 nitrogen and oxygen atoms in total. The molecule has 120 valence electrons. The molecule has 4 atom stereocenters. The molecule has 21 heavy (non-hydrogen) atoms. The van der Waals surface area contributed by atoms with Crippen LogP contribution in [0, 0.1) is 11.8 Å². The number of ether oxygens (including phenoxy) is 3. The Bertz CT molecular complexity index is 382. The summed E-state index contributed by atoms with van der Waals surface area (Å²) < 4.78 is 15.7. The highest BCUT2D eigenvalue weighted by Gasteiger charge is 2.42. The minimum absolute atomic E-state index is 0.0255. The topological polar surface area (TPSA) is 73.9 Å². The summed E-state index contributed by atoms with van der Waals surface area (Å²) in [6.45, 7) is 4.07. The van der Waals surface area contributed by atoms with Gasteiger partial charge in [0.15, 0.2) is 0 Å². The molecule has 1 aliphatic carbocycles. The first kappa shape index (κ1) is 16.1. The van der Waals surface area contributed by atoms with E-state index in [1.54, 1.807) is 6.92 Å². The van der Waals surface area contributed by atoms with Crippen LogP contribution < -0.4 is 5.32 Å². The Hall–Kier alpha value is -1.30. The Morgan fingerprint density at radius 3 is 2.62 bits per heavy atom. The number of hydrogen-bond donors (Lipinski definition) is 1. The van der Waals surface area contributed by atoms with E-state index in [0.717, 1.165) is 12.8 Å². The van der Waals surface area contributed by atoms with Crippen molar-refractivity contribution in [3.8, 4) is 0 Å². The molecule has 1 amide bonds. The molecule has 0 aromatic carbocycles. The number of carbonyl (C=O) groups is 2. The molecule has 0 radical (unpaired) electrons. The second-order valence-corrected chi connectivity index (χ2v) is 5.92. The molecule has 1 saturated heterocycles. The number of methoxy groups -OCH3 is 1. The fourth-order valence-corrected chi connectivity index (χ4v) is 3.06. The Morgan fingerprint density at radius 2 is 2.05 bits per heavy atom. The molecule has 2 rings (SSSR count). The van der Waals surface area contributed by atoms with Gasteiger partial charge in [-0.15, -0.1) is 0 Å². The van der Waals surface area contributed by atoms with Crippen LogP contribution in [0.5, 0.6) is 0 Å². The van der Waals surface area contributed by atoms with E-state index in [0.29, 0.717) is 12.5 Å². The van der Waals surface area contributed by atoms with Gasteiger partial charge in [-0.2, -0.15) is 0 Å². The third-order valence-corrected chi connectivity index (χ3v) is 4.20. The number of rotatable bonds is 5. The Balaban J connectivity index is 2.05. The van der Waals surface area contributed by atoms with Crippen LogP contribution in [0.2, 0.25) is 0 Å². The third kappa shape index (κ3) is 4.33. The quantitative estimate of drug-likeness (QED) is 0.784. The van der Waals surface area contributed by atoms with Crippen LogP contribution in [0.4, 0.5) is 4.79 Å². The molecule has 0 bridgehead atoms. The SMILES string of the molecule is CCOC(=O)[C@@H](NC(=O)OC)[C@H]1CC(C2CC2)O[C@@H](C)C1. The molecular formula is C15H25NO5. The lowest BCUT2D eigenvalue weighted by Gasteiger charge is -2.37. The van der Waals surface area contributed by atoms with Crippen molar-refractivity contribution in [2.75, 3.05) is 13.7 Å². The van der Waals surface area contributed by atoms with Crippen molar-refractivity contribution < 1.29 is 23.8 Å². The number of carbonyl (C=O) groups excluding carboxylic acids is 2. The second-order valence-electron chi connectivity index (χ2n) is 5.92. The van der Waals surface area contributed by atoms with Crippen molar-refractivity contribution in [3.63, 3.8) is 0 Å². The van der Waals surface area contributed by atoms with Crippen molar-refractivity contribution in [1.82, 2.24) is 5.32 Å². The molecule has 1 saturated carbocycles. The van der Waals surface area contributed by atoms with Gasteiger partial charge in [0.05, 0.1) is 25.9 Å². The van der Waals surface area contributed by atoms with Crippen LogP contribution in [0.15, 0.2) is 0 Å². The van der Waals surface area contributed by atoms with Gasteiger partial charge >= 0.3 is 12.1 Å². The van der Waals surface area contributed by atoms with Gasteiger partial charge in [0.1, 0.15) is 6.04 Å². The summed E-state index contributed by atoms with van der Waals surface area (Å²) in [6, 6.07) is -0.662. The van der Waals surface area contributed by atoms with Gasteiger partial charge in [-0.1, -0.05) is 0 Å². The minimum atomic E-state index is -0.662. The van der Waals surface area contributed by atoms with Gasteiger partial charge < -0.3 is 19.5 Å². The summed E-state index contributed by atoms with van der Waals surface area (Å²) in [4.78, 5) is 23.7. The first-order valence-corrected chi connectivity index (χ1v) is 7.71. The number of amides is 1. The van der Waals surface area contributed by atoms with E-state index in [4.69, 9.17) is 9.47 Å². The fraction of sp³-hybridized carbons (Fsp3) is 0.867. The van der Waals surface area contributed by atoms with Gasteiger partial charge in [0.2, 0.25) is 0 Å². The molecule has 0 aromatic rings. The van der Waals surface area contributed by atoms with Crippen molar-refractivity contribution in [1.29, 1.82) is 0 Å². The average Bonchev–Trinajstić information content (AvgIpc) is 3.28. The predicted octanol–water partition coefficient (Wildman–Crippen LogP) is 1.87. The summed E-state index contributed by atoms with van der Waals surface area (Å²) >= 11 is 0. The van der Waals surface area contributed by atoms with Crippen molar-refractivity contribution in [2.45, 2.75) is 57.8 Å². The molecule has 2 fully saturated rings. The number of esters is 1. The zero-order valence-electron chi connectivity index (χ0n) is 13.0. The second kappa shape index (κ2) is 7.11. The van der Waals surface area contributed by atoms with Gasteiger partial charge in [-0.3, -0.25) is 0 Å². The lowest BCUT2D eigenvalue weighted by atomic mass is 9.84. The van der Waals surface area contributed by atoms with Crippen LogP contribution in [-0.2, 0) is 19.0 Å². The van der Waals surface area contributed by atoms with E-state index in [1.165, 1.54) is 20.0 Å². The Labute approximate surface area is 125 Å². The smallest absolute Gasteiger partial charge is 0.407 e. The monoisotopic (exact) mass is 299 g/mol. The Kier molecular flexibility index (Phi) is 5.45. The van der Waals surface area contributed by atoms with Gasteiger partial charge in [0.25, 0.3) is 0 Å². The zero-order valence-corrected chi connectivity index (χ0v) is 13.0. The molecule has 6 heteroatoms. The first-order valence-electron chi connectivity index (χ1n) is 7.71. The summed E-state index contributed by atoms with van der Waals surface area (Å²) in [5, 5.41) is 2.63. The van der Waals surface area contributed by atoms with Crippen molar-refractivity contribution in [3.05, 3.63) is 0 Å². The molecular weight excluding hydrogens is 274 g/mol. The van der Waals surface area contributed by atoms with E-state index in [2.05, 4.69) is 10.1 Å². The van der Waals surface area contributed by atoms with E-state index < -0.39 is 18.1 Å². The summed E-state index contributed by atoms with van der Waals surface area (Å²) in [7, 11) is 1.29. The maximum absolute atomic E-state index is 12.2. The first-order chi connectivity index (χ1) is 10.0. The third-order valence-electron chi connectivity index (χ3n) is 4.20. The lowest BCUT2D eigenvalue weighted by molar-refractivity contribution is -0.150. The number of hydrogen-bond acceptors (Lipinski definition) is 5. The lowest BCUT2D eigenvalue weighted by Crippen LogP contribution is -2.50. The highest BCUT2D eigenvalue weighted by atomic mass is 16.5. The average molecular weight is 299 g/mol.